The first-order valence-corrected chi connectivity index (χ1v) is 8.22. The lowest BCUT2D eigenvalue weighted by Crippen LogP contribution is -1.96. The summed E-state index contributed by atoms with van der Waals surface area (Å²) >= 11 is 1.62. The maximum Gasteiger partial charge on any atom is 0.130 e. The van der Waals surface area contributed by atoms with Crippen molar-refractivity contribution in [1.29, 1.82) is 0 Å². The molecule has 22 heavy (non-hydrogen) atoms. The number of hydrogen-bond donors (Lipinski definition) is 0. The Hall–Kier alpha value is -2.07. The molecule has 1 aliphatic rings. The number of ether oxygens (including phenoxy) is 2. The predicted octanol–water partition coefficient (Wildman–Crippen LogP) is 4.90. The molecule has 1 aromatic heterocycles. The van der Waals surface area contributed by atoms with Gasteiger partial charge in [-0.25, -0.2) is 0 Å². The van der Waals surface area contributed by atoms with E-state index in [1.807, 2.05) is 11.7 Å². The molecule has 0 unspecified atom stereocenters. The van der Waals surface area contributed by atoms with Crippen molar-refractivity contribution in [2.75, 3.05) is 14.2 Å². The Balaban J connectivity index is 1.99. The van der Waals surface area contributed by atoms with Crippen molar-refractivity contribution in [2.45, 2.75) is 19.3 Å². The van der Waals surface area contributed by atoms with E-state index in [0.29, 0.717) is 0 Å². The number of thiazole rings is 1. The van der Waals surface area contributed by atoms with Crippen molar-refractivity contribution >= 4 is 29.1 Å². The van der Waals surface area contributed by atoms with Gasteiger partial charge in [0.05, 0.1) is 25.3 Å². The van der Waals surface area contributed by atoms with Gasteiger partial charge in [-0.1, -0.05) is 12.2 Å². The largest absolute Gasteiger partial charge is 0.496 e. The standard InChI is InChI=1S/C18H19NO2S/c1-20-16-9-13(7-8-15-11-19-12-22-15)10-17(21-2)18(16)14-5-3-4-6-14/h5,7-12H,3-4,6H2,1-2H3. The smallest absolute Gasteiger partial charge is 0.130 e. The van der Waals surface area contributed by atoms with Crippen LogP contribution in [-0.4, -0.2) is 19.2 Å². The molecule has 0 amide bonds. The molecule has 0 bridgehead atoms. The molecule has 0 radical (unpaired) electrons. The first kappa shape index (κ1) is 14.9. The zero-order chi connectivity index (χ0) is 15.4. The van der Waals surface area contributed by atoms with Crippen LogP contribution in [0.2, 0.25) is 0 Å². The van der Waals surface area contributed by atoms with Crippen molar-refractivity contribution in [3.63, 3.8) is 0 Å². The fourth-order valence-corrected chi connectivity index (χ4v) is 3.24. The number of rotatable bonds is 5. The van der Waals surface area contributed by atoms with E-state index >= 15 is 0 Å². The highest BCUT2D eigenvalue weighted by molar-refractivity contribution is 7.10. The molecule has 0 saturated carbocycles. The minimum atomic E-state index is 0.872. The van der Waals surface area contributed by atoms with E-state index < -0.39 is 0 Å². The lowest BCUT2D eigenvalue weighted by molar-refractivity contribution is 0.391. The molecule has 0 aliphatic heterocycles. The number of nitrogens with zero attached hydrogens (tertiary/aromatic N) is 1. The quantitative estimate of drug-likeness (QED) is 0.787. The molecular weight excluding hydrogens is 294 g/mol. The topological polar surface area (TPSA) is 31.4 Å². The van der Waals surface area contributed by atoms with Gasteiger partial charge in [-0.3, -0.25) is 4.98 Å². The van der Waals surface area contributed by atoms with Crippen LogP contribution in [0.25, 0.3) is 17.7 Å². The average Bonchev–Trinajstić information content (AvgIpc) is 3.25. The zero-order valence-electron chi connectivity index (χ0n) is 12.8. The predicted molar refractivity (Wildman–Crippen MR) is 92.4 cm³/mol. The molecule has 1 heterocycles. The number of aromatic nitrogens is 1. The van der Waals surface area contributed by atoms with E-state index in [2.05, 4.69) is 35.3 Å². The molecule has 114 valence electrons. The summed E-state index contributed by atoms with van der Waals surface area (Å²) in [4.78, 5) is 5.20. The zero-order valence-corrected chi connectivity index (χ0v) is 13.7. The number of benzene rings is 1. The Labute approximate surface area is 134 Å². The van der Waals surface area contributed by atoms with Crippen LogP contribution in [0.5, 0.6) is 11.5 Å². The fraction of sp³-hybridized carbons (Fsp3) is 0.278. The summed E-state index contributed by atoms with van der Waals surface area (Å²) in [6, 6.07) is 4.13. The third-order valence-electron chi connectivity index (χ3n) is 3.78. The second-order valence-electron chi connectivity index (χ2n) is 5.16. The van der Waals surface area contributed by atoms with Crippen molar-refractivity contribution < 1.29 is 9.47 Å². The summed E-state index contributed by atoms with van der Waals surface area (Å²) in [5.41, 5.74) is 5.31. The maximum absolute atomic E-state index is 5.61. The number of methoxy groups -OCH3 is 2. The third-order valence-corrected chi connectivity index (χ3v) is 4.52. The molecule has 3 rings (SSSR count). The van der Waals surface area contributed by atoms with E-state index in [4.69, 9.17) is 9.47 Å². The first-order valence-electron chi connectivity index (χ1n) is 7.34. The molecule has 0 fully saturated rings. The van der Waals surface area contributed by atoms with Gasteiger partial charge in [0.2, 0.25) is 0 Å². The second-order valence-corrected chi connectivity index (χ2v) is 6.08. The van der Waals surface area contributed by atoms with Gasteiger partial charge in [0.1, 0.15) is 11.5 Å². The highest BCUT2D eigenvalue weighted by Crippen LogP contribution is 2.41. The second kappa shape index (κ2) is 6.79. The molecule has 0 N–H and O–H groups in total. The van der Waals surface area contributed by atoms with Crippen LogP contribution in [0.15, 0.2) is 29.9 Å². The van der Waals surface area contributed by atoms with Gasteiger partial charge in [0, 0.05) is 11.1 Å². The number of allylic oxidation sites excluding steroid dienone is 2. The van der Waals surface area contributed by atoms with Crippen LogP contribution in [0.3, 0.4) is 0 Å². The van der Waals surface area contributed by atoms with Gasteiger partial charge in [-0.15, -0.1) is 11.3 Å². The lowest BCUT2D eigenvalue weighted by atomic mass is 10.00. The summed E-state index contributed by atoms with van der Waals surface area (Å²) in [6.07, 6.45) is 11.7. The summed E-state index contributed by atoms with van der Waals surface area (Å²) < 4.78 is 11.2. The van der Waals surface area contributed by atoms with E-state index in [0.717, 1.165) is 40.3 Å². The van der Waals surface area contributed by atoms with Crippen molar-refractivity contribution in [1.82, 2.24) is 4.98 Å². The van der Waals surface area contributed by atoms with Gasteiger partial charge in [0.25, 0.3) is 0 Å². The molecule has 0 spiro atoms. The molecule has 1 aromatic carbocycles. The van der Waals surface area contributed by atoms with Crippen LogP contribution in [0.4, 0.5) is 0 Å². The molecule has 0 atom stereocenters. The Morgan fingerprint density at radius 2 is 1.91 bits per heavy atom. The van der Waals surface area contributed by atoms with Crippen LogP contribution >= 0.6 is 11.3 Å². The van der Waals surface area contributed by atoms with Gasteiger partial charge in [0.15, 0.2) is 0 Å². The lowest BCUT2D eigenvalue weighted by Gasteiger charge is -2.15. The van der Waals surface area contributed by atoms with E-state index in [1.165, 1.54) is 12.0 Å². The van der Waals surface area contributed by atoms with Crippen LogP contribution < -0.4 is 9.47 Å². The van der Waals surface area contributed by atoms with Crippen molar-refractivity contribution in [3.05, 3.63) is 45.9 Å². The highest BCUT2D eigenvalue weighted by atomic mass is 32.1. The molecule has 4 heteroatoms. The van der Waals surface area contributed by atoms with Crippen LogP contribution in [0, 0.1) is 0 Å². The van der Waals surface area contributed by atoms with E-state index in [-0.39, 0.29) is 0 Å². The normalized spacial score (nSPS) is 14.4. The Kier molecular flexibility index (Phi) is 4.59. The Morgan fingerprint density at radius 3 is 2.45 bits per heavy atom. The maximum atomic E-state index is 5.61. The van der Waals surface area contributed by atoms with E-state index in [1.54, 1.807) is 25.6 Å². The minimum absolute atomic E-state index is 0.872. The summed E-state index contributed by atoms with van der Waals surface area (Å²) in [7, 11) is 3.43. The average molecular weight is 313 g/mol. The van der Waals surface area contributed by atoms with Crippen molar-refractivity contribution in [2.24, 2.45) is 0 Å². The van der Waals surface area contributed by atoms with Crippen LogP contribution in [0.1, 0.15) is 35.3 Å². The first-order chi connectivity index (χ1) is 10.8. The SMILES string of the molecule is COc1cc(C=Cc2cncs2)cc(OC)c1C1=CCCC1. The minimum Gasteiger partial charge on any atom is -0.496 e. The van der Waals surface area contributed by atoms with Crippen molar-refractivity contribution in [3.8, 4) is 11.5 Å². The Bertz CT molecular complexity index is 677. The fourth-order valence-electron chi connectivity index (χ4n) is 2.73. The monoisotopic (exact) mass is 313 g/mol. The highest BCUT2D eigenvalue weighted by Gasteiger charge is 2.18. The molecule has 3 nitrogen and oxygen atoms in total. The van der Waals surface area contributed by atoms with Crippen LogP contribution in [-0.2, 0) is 0 Å². The molecule has 1 aliphatic carbocycles. The summed E-state index contributed by atoms with van der Waals surface area (Å²) in [5.74, 6) is 1.74. The molecule has 0 saturated heterocycles. The molecular formula is C18H19NO2S. The summed E-state index contributed by atoms with van der Waals surface area (Å²) in [5, 5.41) is 0. The number of hydrogen-bond acceptors (Lipinski definition) is 4. The third kappa shape index (κ3) is 3.07. The summed E-state index contributed by atoms with van der Waals surface area (Å²) in [6.45, 7) is 0. The molecule has 2 aromatic rings. The van der Waals surface area contributed by atoms with Gasteiger partial charge < -0.3 is 9.47 Å². The van der Waals surface area contributed by atoms with Gasteiger partial charge in [-0.2, -0.15) is 0 Å². The van der Waals surface area contributed by atoms with Gasteiger partial charge >= 0.3 is 0 Å². The Morgan fingerprint density at radius 1 is 1.14 bits per heavy atom. The van der Waals surface area contributed by atoms with Gasteiger partial charge in [-0.05, 0) is 48.6 Å². The van der Waals surface area contributed by atoms with E-state index in [9.17, 15) is 0 Å².